The Morgan fingerprint density at radius 2 is 2.35 bits per heavy atom. The van der Waals surface area contributed by atoms with Gasteiger partial charge in [0.2, 0.25) is 5.95 Å². The number of ether oxygens (including phenoxy) is 1. The fourth-order valence-electron chi connectivity index (χ4n) is 2.12. The molecule has 1 fully saturated rings. The summed E-state index contributed by atoms with van der Waals surface area (Å²) in [7, 11) is 0. The van der Waals surface area contributed by atoms with Crippen molar-refractivity contribution in [2.24, 2.45) is 0 Å². The number of benzene rings is 1. The van der Waals surface area contributed by atoms with E-state index in [1.165, 1.54) is 12.3 Å². The second-order valence-electron chi connectivity index (χ2n) is 4.59. The van der Waals surface area contributed by atoms with Gasteiger partial charge in [-0.1, -0.05) is 0 Å². The molecular weight excluding hydrogens is 265 g/mol. The lowest BCUT2D eigenvalue weighted by molar-refractivity contribution is 0.0696. The highest BCUT2D eigenvalue weighted by molar-refractivity contribution is 5.93. The first-order chi connectivity index (χ1) is 9.63. The molecule has 1 aromatic carbocycles. The fraction of sp³-hybridized carbons (Fsp3) is 0.308. The lowest BCUT2D eigenvalue weighted by atomic mass is 10.1. The van der Waals surface area contributed by atoms with Crippen LogP contribution in [0.5, 0.6) is 0 Å². The van der Waals surface area contributed by atoms with E-state index in [-0.39, 0.29) is 22.5 Å². The van der Waals surface area contributed by atoms with Crippen LogP contribution in [0.1, 0.15) is 16.8 Å². The number of carbonyl (C=O) groups is 1. The number of fused-ring (bicyclic) bond motifs is 1. The van der Waals surface area contributed by atoms with Gasteiger partial charge in [0, 0.05) is 12.8 Å². The van der Waals surface area contributed by atoms with Gasteiger partial charge >= 0.3 is 5.97 Å². The van der Waals surface area contributed by atoms with Gasteiger partial charge in [0.25, 0.3) is 0 Å². The van der Waals surface area contributed by atoms with Crippen LogP contribution >= 0.6 is 0 Å². The molecule has 0 aliphatic carbocycles. The molecule has 2 aromatic rings. The molecule has 0 amide bonds. The Labute approximate surface area is 113 Å². The summed E-state index contributed by atoms with van der Waals surface area (Å²) >= 11 is 0. The Bertz CT molecular complexity index is 671. The van der Waals surface area contributed by atoms with E-state index in [1.807, 2.05) is 0 Å². The van der Waals surface area contributed by atoms with E-state index < -0.39 is 11.8 Å². The summed E-state index contributed by atoms with van der Waals surface area (Å²) in [6, 6.07) is 2.42. The maximum Gasteiger partial charge on any atom is 0.335 e. The molecule has 20 heavy (non-hydrogen) atoms. The van der Waals surface area contributed by atoms with Crippen molar-refractivity contribution in [3.05, 3.63) is 29.7 Å². The number of halogens is 1. The predicted octanol–water partition coefficient (Wildman–Crippen LogP) is 1.67. The molecule has 0 bridgehead atoms. The van der Waals surface area contributed by atoms with Crippen molar-refractivity contribution >= 4 is 22.8 Å². The Hall–Kier alpha value is -2.28. The second kappa shape index (κ2) is 5.01. The monoisotopic (exact) mass is 277 g/mol. The number of hydrogen-bond donors (Lipinski definition) is 2. The van der Waals surface area contributed by atoms with Gasteiger partial charge in [-0.3, -0.25) is 0 Å². The molecule has 104 valence electrons. The minimum Gasteiger partial charge on any atom is -0.478 e. The van der Waals surface area contributed by atoms with E-state index in [0.29, 0.717) is 19.2 Å². The van der Waals surface area contributed by atoms with Crippen LogP contribution in [0.4, 0.5) is 10.3 Å². The number of rotatable bonds is 3. The number of aromatic carboxylic acids is 1. The maximum atomic E-state index is 13.8. The zero-order chi connectivity index (χ0) is 14.1. The Morgan fingerprint density at radius 1 is 1.50 bits per heavy atom. The molecular formula is C13H12FN3O3. The summed E-state index contributed by atoms with van der Waals surface area (Å²) in [5.41, 5.74) is 0.127. The first kappa shape index (κ1) is 12.7. The summed E-state index contributed by atoms with van der Waals surface area (Å²) in [6.45, 7) is 1.26. The van der Waals surface area contributed by atoms with E-state index in [2.05, 4.69) is 15.3 Å². The second-order valence-corrected chi connectivity index (χ2v) is 4.59. The van der Waals surface area contributed by atoms with Crippen molar-refractivity contribution in [2.45, 2.75) is 12.5 Å². The van der Waals surface area contributed by atoms with E-state index in [0.717, 1.165) is 12.5 Å². The molecule has 1 saturated heterocycles. The molecule has 1 aromatic heterocycles. The normalized spacial score (nSPS) is 18.4. The van der Waals surface area contributed by atoms with Gasteiger partial charge < -0.3 is 15.2 Å². The van der Waals surface area contributed by atoms with Gasteiger partial charge in [0.1, 0.15) is 5.82 Å². The van der Waals surface area contributed by atoms with Crippen molar-refractivity contribution in [2.75, 3.05) is 18.5 Å². The van der Waals surface area contributed by atoms with Gasteiger partial charge in [-0.2, -0.15) is 0 Å². The van der Waals surface area contributed by atoms with Crippen molar-refractivity contribution in [1.82, 2.24) is 9.97 Å². The molecule has 3 rings (SSSR count). The lowest BCUT2D eigenvalue weighted by Gasteiger charge is -2.11. The maximum absolute atomic E-state index is 13.8. The van der Waals surface area contributed by atoms with Crippen molar-refractivity contribution in [3.63, 3.8) is 0 Å². The minimum absolute atomic E-state index is 0.125. The number of aromatic nitrogens is 2. The summed E-state index contributed by atoms with van der Waals surface area (Å²) in [5, 5.41) is 12.2. The third-order valence-corrected chi connectivity index (χ3v) is 3.16. The van der Waals surface area contributed by atoms with Crippen LogP contribution < -0.4 is 5.32 Å². The van der Waals surface area contributed by atoms with Crippen molar-refractivity contribution < 1.29 is 19.0 Å². The van der Waals surface area contributed by atoms with Gasteiger partial charge in [0.05, 0.1) is 29.1 Å². The molecule has 0 unspecified atom stereocenters. The third kappa shape index (κ3) is 2.39. The molecule has 1 atom stereocenters. The molecule has 0 spiro atoms. The molecule has 0 radical (unpaired) electrons. The first-order valence-electron chi connectivity index (χ1n) is 6.17. The first-order valence-corrected chi connectivity index (χ1v) is 6.17. The van der Waals surface area contributed by atoms with Crippen LogP contribution in [0, 0.1) is 5.82 Å². The van der Waals surface area contributed by atoms with Crippen LogP contribution in [0.3, 0.4) is 0 Å². The molecule has 1 aliphatic rings. The highest BCUT2D eigenvalue weighted by Gasteiger charge is 2.17. The predicted molar refractivity (Wildman–Crippen MR) is 69.3 cm³/mol. The lowest BCUT2D eigenvalue weighted by Crippen LogP contribution is -2.20. The summed E-state index contributed by atoms with van der Waals surface area (Å²) in [6.07, 6.45) is 2.20. The molecule has 1 aliphatic heterocycles. The van der Waals surface area contributed by atoms with Gasteiger partial charge in [-0.25, -0.2) is 19.2 Å². The van der Waals surface area contributed by atoms with Crippen LogP contribution in [-0.4, -0.2) is 40.3 Å². The third-order valence-electron chi connectivity index (χ3n) is 3.16. The number of hydrogen-bond acceptors (Lipinski definition) is 5. The molecule has 2 heterocycles. The summed E-state index contributed by atoms with van der Waals surface area (Å²) in [5.74, 6) is -1.49. The van der Waals surface area contributed by atoms with E-state index >= 15 is 0 Å². The molecule has 0 saturated carbocycles. The highest BCUT2D eigenvalue weighted by Crippen LogP contribution is 2.20. The van der Waals surface area contributed by atoms with Crippen LogP contribution in [0.15, 0.2) is 18.3 Å². The Balaban J connectivity index is 1.98. The van der Waals surface area contributed by atoms with Crippen LogP contribution in [0.2, 0.25) is 0 Å². The Kier molecular flexibility index (Phi) is 3.19. The number of nitrogens with one attached hydrogen (secondary N) is 1. The molecule has 2 N–H and O–H groups in total. The quantitative estimate of drug-likeness (QED) is 0.887. The zero-order valence-electron chi connectivity index (χ0n) is 10.5. The van der Waals surface area contributed by atoms with E-state index in [9.17, 15) is 9.18 Å². The molecule has 7 heteroatoms. The van der Waals surface area contributed by atoms with Crippen LogP contribution in [0.25, 0.3) is 10.9 Å². The van der Waals surface area contributed by atoms with Gasteiger partial charge in [-0.05, 0) is 18.6 Å². The number of carboxylic acid groups (broad SMARTS) is 1. The number of anilines is 1. The van der Waals surface area contributed by atoms with E-state index in [4.69, 9.17) is 9.84 Å². The van der Waals surface area contributed by atoms with E-state index in [1.54, 1.807) is 0 Å². The van der Waals surface area contributed by atoms with Crippen molar-refractivity contribution in [3.8, 4) is 0 Å². The smallest absolute Gasteiger partial charge is 0.335 e. The summed E-state index contributed by atoms with van der Waals surface area (Å²) in [4.78, 5) is 19.1. The zero-order valence-corrected chi connectivity index (χ0v) is 10.5. The van der Waals surface area contributed by atoms with Gasteiger partial charge in [0.15, 0.2) is 0 Å². The SMILES string of the molecule is O=C(O)c1cc(F)c2cnc(N[C@H]3CCOC3)nc2c1. The standard InChI is InChI=1S/C13H12FN3O3/c14-10-3-7(12(18)19)4-11-9(10)5-15-13(17-11)16-8-1-2-20-6-8/h3-5,8H,1-2,6H2,(H,18,19)(H,15,16,17)/t8-/m0/s1. The van der Waals surface area contributed by atoms with Crippen molar-refractivity contribution in [1.29, 1.82) is 0 Å². The van der Waals surface area contributed by atoms with Crippen LogP contribution in [-0.2, 0) is 4.74 Å². The number of carboxylic acids is 1. The largest absolute Gasteiger partial charge is 0.478 e. The van der Waals surface area contributed by atoms with Gasteiger partial charge in [-0.15, -0.1) is 0 Å². The molecule has 6 nitrogen and oxygen atoms in total. The summed E-state index contributed by atoms with van der Waals surface area (Å²) < 4.78 is 19.0. The number of nitrogens with zero attached hydrogens (tertiary/aromatic N) is 2. The highest BCUT2D eigenvalue weighted by atomic mass is 19.1. The topological polar surface area (TPSA) is 84.3 Å². The minimum atomic E-state index is -1.19. The average molecular weight is 277 g/mol. The Morgan fingerprint density at radius 3 is 3.05 bits per heavy atom. The fourth-order valence-corrected chi connectivity index (χ4v) is 2.12. The average Bonchev–Trinajstić information content (AvgIpc) is 2.91.